The minimum Gasteiger partial charge on any atom is -0.316 e. The molecule has 0 spiro atoms. The van der Waals surface area contributed by atoms with E-state index in [9.17, 15) is 30.7 Å². The van der Waals surface area contributed by atoms with Crippen molar-refractivity contribution in [2.45, 2.75) is 57.9 Å². The van der Waals surface area contributed by atoms with Crippen LogP contribution in [0.5, 0.6) is 0 Å². The van der Waals surface area contributed by atoms with E-state index in [2.05, 4.69) is 10.8 Å². The molecule has 27 heavy (non-hydrogen) atoms. The van der Waals surface area contributed by atoms with Gasteiger partial charge >= 0.3 is 12.3 Å². The third kappa shape index (κ3) is 6.23. The van der Waals surface area contributed by atoms with Crippen LogP contribution in [0.4, 0.5) is 30.7 Å². The van der Waals surface area contributed by atoms with Crippen LogP contribution >= 0.6 is 0 Å². The van der Waals surface area contributed by atoms with Crippen molar-refractivity contribution >= 4 is 0 Å². The summed E-state index contributed by atoms with van der Waals surface area (Å²) in [7, 11) is 0. The van der Waals surface area contributed by atoms with E-state index in [4.69, 9.17) is 0 Å². The number of ether oxygens (including phenoxy) is 1. The molecular weight excluding hydrogens is 377 g/mol. The minimum absolute atomic E-state index is 0.234. The van der Waals surface area contributed by atoms with Crippen molar-refractivity contribution in [3.8, 4) is 0 Å². The van der Waals surface area contributed by atoms with Gasteiger partial charge in [0.25, 0.3) is 0 Å². The molecule has 0 amide bonds. The molecule has 152 valence electrons. The third-order valence-corrected chi connectivity index (χ3v) is 4.72. The van der Waals surface area contributed by atoms with Gasteiger partial charge in [0.15, 0.2) is 0 Å². The van der Waals surface area contributed by atoms with E-state index in [1.807, 2.05) is 13.0 Å². The van der Waals surface area contributed by atoms with Gasteiger partial charge in [0, 0.05) is 6.42 Å². The number of hydrogen-bond acceptors (Lipinski definition) is 1. The van der Waals surface area contributed by atoms with Crippen molar-refractivity contribution in [3.63, 3.8) is 0 Å². The van der Waals surface area contributed by atoms with Crippen LogP contribution in [-0.4, -0.2) is 6.11 Å². The molecule has 1 aliphatic carbocycles. The number of alkyl halides is 5. The van der Waals surface area contributed by atoms with E-state index >= 15 is 0 Å². The zero-order chi connectivity index (χ0) is 20.2. The summed E-state index contributed by atoms with van der Waals surface area (Å²) < 4.78 is 97.0. The van der Waals surface area contributed by atoms with Crippen LogP contribution in [-0.2, 0) is 17.5 Å². The second-order valence-corrected chi connectivity index (χ2v) is 6.87. The summed E-state index contributed by atoms with van der Waals surface area (Å²) in [6, 6.07) is 0.731. The Morgan fingerprint density at radius 2 is 1.56 bits per heavy atom. The molecule has 0 aliphatic heterocycles. The van der Waals surface area contributed by atoms with Gasteiger partial charge in [0.1, 0.15) is 17.2 Å². The lowest BCUT2D eigenvalue weighted by molar-refractivity contribution is -0.256. The fourth-order valence-corrected chi connectivity index (χ4v) is 3.42. The van der Waals surface area contributed by atoms with Crippen LogP contribution in [0.3, 0.4) is 0 Å². The summed E-state index contributed by atoms with van der Waals surface area (Å²) in [6.07, 6.45) is -2.41. The summed E-state index contributed by atoms with van der Waals surface area (Å²) in [5.74, 6) is -3.56. The molecule has 0 heterocycles. The maximum Gasteiger partial charge on any atom is 0.422 e. The maximum absolute atomic E-state index is 14.0. The minimum atomic E-state index is -5.21. The maximum atomic E-state index is 14.0. The van der Waals surface area contributed by atoms with Crippen LogP contribution in [0.2, 0.25) is 0 Å². The van der Waals surface area contributed by atoms with Crippen LogP contribution in [0.1, 0.15) is 50.2 Å². The van der Waals surface area contributed by atoms with Crippen LogP contribution < -0.4 is 0 Å². The lowest BCUT2D eigenvalue weighted by Gasteiger charge is -2.29. The molecule has 1 aliphatic rings. The third-order valence-electron chi connectivity index (χ3n) is 4.72. The lowest BCUT2D eigenvalue weighted by Crippen LogP contribution is -2.27. The topological polar surface area (TPSA) is 9.23 Å². The first kappa shape index (κ1) is 21.7. The highest BCUT2D eigenvalue weighted by Crippen LogP contribution is 2.38. The molecule has 1 nitrogen and oxygen atoms in total. The predicted octanol–water partition coefficient (Wildman–Crippen LogP) is 6.87. The number of rotatable bonds is 6. The summed E-state index contributed by atoms with van der Waals surface area (Å²) >= 11 is 0. The Bertz CT molecular complexity index is 636. The zero-order valence-corrected chi connectivity index (χ0v) is 14.8. The number of hydrogen-bond donors (Lipinski definition) is 0. The molecule has 0 aromatic heterocycles. The molecule has 1 aromatic rings. The fraction of sp³-hybridized carbons (Fsp3) is 0.579. The van der Waals surface area contributed by atoms with Crippen molar-refractivity contribution in [1.29, 1.82) is 0 Å². The summed E-state index contributed by atoms with van der Waals surface area (Å²) in [6.45, 7) is 1.02. The molecule has 8 heteroatoms. The Hall–Kier alpha value is -1.57. The van der Waals surface area contributed by atoms with Crippen molar-refractivity contribution < 1.29 is 35.5 Å². The molecule has 0 bridgehead atoms. The monoisotopic (exact) mass is 398 g/mol. The smallest absolute Gasteiger partial charge is 0.316 e. The average Bonchev–Trinajstić information content (AvgIpc) is 2.53. The van der Waals surface area contributed by atoms with Crippen molar-refractivity contribution in [2.24, 2.45) is 11.8 Å². The van der Waals surface area contributed by atoms with E-state index < -0.39 is 48.1 Å². The Labute approximate surface area is 153 Å². The van der Waals surface area contributed by atoms with Gasteiger partial charge in [-0.25, -0.2) is 8.78 Å². The van der Waals surface area contributed by atoms with E-state index in [1.54, 1.807) is 0 Å². The van der Waals surface area contributed by atoms with Gasteiger partial charge in [-0.1, -0.05) is 12.2 Å². The van der Waals surface area contributed by atoms with E-state index in [1.165, 1.54) is 0 Å². The second kappa shape index (κ2) is 8.63. The molecular formula is C19H21F7O. The SMILES string of the molecule is CC=CC1CCC(CC(F)(F)OCc2cc(F)c(C(F)(F)F)c(F)c2)CC1. The highest BCUT2D eigenvalue weighted by molar-refractivity contribution is 5.28. The molecule has 2 rings (SSSR count). The first-order valence-electron chi connectivity index (χ1n) is 8.71. The molecule has 0 unspecified atom stereocenters. The Kier molecular flexibility index (Phi) is 6.94. The molecule has 1 saturated carbocycles. The van der Waals surface area contributed by atoms with Gasteiger partial charge in [-0.15, -0.1) is 0 Å². The quantitative estimate of drug-likeness (QED) is 0.375. The fourth-order valence-electron chi connectivity index (χ4n) is 3.42. The predicted molar refractivity (Wildman–Crippen MR) is 86.0 cm³/mol. The highest BCUT2D eigenvalue weighted by Gasteiger charge is 2.39. The summed E-state index contributed by atoms with van der Waals surface area (Å²) in [5.41, 5.74) is -2.47. The Morgan fingerprint density at radius 1 is 1.00 bits per heavy atom. The van der Waals surface area contributed by atoms with Crippen LogP contribution in [0.25, 0.3) is 0 Å². The van der Waals surface area contributed by atoms with E-state index in [0.29, 0.717) is 30.9 Å². The van der Waals surface area contributed by atoms with Crippen LogP contribution in [0.15, 0.2) is 24.3 Å². The zero-order valence-electron chi connectivity index (χ0n) is 14.8. The number of halogens is 7. The van der Waals surface area contributed by atoms with Gasteiger partial charge in [0.2, 0.25) is 0 Å². The highest BCUT2D eigenvalue weighted by atomic mass is 19.4. The van der Waals surface area contributed by atoms with Crippen molar-refractivity contribution in [2.75, 3.05) is 0 Å². The van der Waals surface area contributed by atoms with Gasteiger partial charge in [-0.05, 0) is 62.1 Å². The van der Waals surface area contributed by atoms with Gasteiger partial charge in [-0.2, -0.15) is 22.0 Å². The summed E-state index contributed by atoms with van der Waals surface area (Å²) in [5, 5.41) is 0. The average molecular weight is 398 g/mol. The summed E-state index contributed by atoms with van der Waals surface area (Å²) in [4.78, 5) is 0. The Balaban J connectivity index is 1.93. The standard InChI is InChI=1S/C19H21F7O/c1-2-3-12-4-6-13(7-5-12)10-18(22,23)27-11-14-8-15(20)17(16(21)9-14)19(24,25)26/h2-3,8-9,12-13H,4-7,10-11H2,1H3. The normalized spacial score (nSPS) is 21.8. The molecule has 1 aromatic carbocycles. The lowest BCUT2D eigenvalue weighted by atomic mass is 9.80. The second-order valence-electron chi connectivity index (χ2n) is 6.87. The van der Waals surface area contributed by atoms with Crippen molar-refractivity contribution in [3.05, 3.63) is 47.0 Å². The molecule has 0 atom stereocenters. The molecule has 1 fully saturated rings. The number of allylic oxidation sites excluding steroid dienone is 2. The van der Waals surface area contributed by atoms with Crippen molar-refractivity contribution in [1.82, 2.24) is 0 Å². The molecule has 0 N–H and O–H groups in total. The number of benzene rings is 1. The largest absolute Gasteiger partial charge is 0.422 e. The van der Waals surface area contributed by atoms with E-state index in [0.717, 1.165) is 12.8 Å². The van der Waals surface area contributed by atoms with Crippen LogP contribution in [0, 0.1) is 23.5 Å². The molecule has 0 saturated heterocycles. The van der Waals surface area contributed by atoms with Gasteiger partial charge in [-0.3, -0.25) is 0 Å². The Morgan fingerprint density at radius 3 is 2.04 bits per heavy atom. The molecule has 0 radical (unpaired) electrons. The van der Waals surface area contributed by atoms with E-state index in [-0.39, 0.29) is 5.92 Å². The first-order chi connectivity index (χ1) is 12.5. The van der Waals surface area contributed by atoms with Gasteiger partial charge < -0.3 is 4.74 Å². The van der Waals surface area contributed by atoms with Gasteiger partial charge in [0.05, 0.1) is 6.61 Å². The first-order valence-corrected chi connectivity index (χ1v) is 8.71.